The molecule has 1 atom stereocenters. The number of rotatable bonds is 4. The van der Waals surface area contributed by atoms with E-state index in [2.05, 4.69) is 45.0 Å². The molecule has 3 aromatic rings. The Bertz CT molecular complexity index is 762. The van der Waals surface area contributed by atoms with Crippen molar-refractivity contribution in [2.75, 3.05) is 13.1 Å². The molecule has 4 rings (SSSR count). The molecule has 1 fully saturated rings. The first kappa shape index (κ1) is 13.9. The van der Waals surface area contributed by atoms with Crippen LogP contribution in [0.2, 0.25) is 0 Å². The Morgan fingerprint density at radius 3 is 3.09 bits per heavy atom. The second kappa shape index (κ2) is 5.82. The highest BCUT2D eigenvalue weighted by molar-refractivity contribution is 7.12. The quantitative estimate of drug-likeness (QED) is 0.739. The molecule has 4 nitrogen and oxygen atoms in total. The summed E-state index contributed by atoms with van der Waals surface area (Å²) in [4.78, 5) is 12.0. The number of likely N-dealkylation sites (tertiary alicyclic amines) is 1. The van der Waals surface area contributed by atoms with Gasteiger partial charge >= 0.3 is 0 Å². The smallest absolute Gasteiger partial charge is 0.165 e. The van der Waals surface area contributed by atoms with Crippen LogP contribution >= 0.6 is 11.3 Å². The van der Waals surface area contributed by atoms with Gasteiger partial charge in [0.2, 0.25) is 0 Å². The second-order valence-electron chi connectivity index (χ2n) is 5.79. The fourth-order valence-corrected chi connectivity index (χ4v) is 4.23. The topological polar surface area (TPSA) is 34.0 Å². The number of pyridine rings is 1. The van der Waals surface area contributed by atoms with Gasteiger partial charge in [-0.15, -0.1) is 11.3 Å². The van der Waals surface area contributed by atoms with Crippen LogP contribution in [0.25, 0.3) is 16.2 Å². The number of thiophene rings is 1. The van der Waals surface area contributed by atoms with Crippen molar-refractivity contribution < 1.29 is 0 Å². The van der Waals surface area contributed by atoms with Crippen LogP contribution < -0.4 is 0 Å². The lowest BCUT2D eigenvalue weighted by Gasteiger charge is -2.22. The number of nitrogens with zero attached hydrogens (tertiary/aromatic N) is 4. The highest BCUT2D eigenvalue weighted by Crippen LogP contribution is 2.27. The lowest BCUT2D eigenvalue weighted by molar-refractivity contribution is 0.263. The summed E-state index contributed by atoms with van der Waals surface area (Å²) in [7, 11) is 0. The minimum atomic E-state index is 0.612. The molecule has 0 saturated carbocycles. The molecule has 1 saturated heterocycles. The van der Waals surface area contributed by atoms with Crippen LogP contribution in [0, 0.1) is 0 Å². The molecule has 0 spiro atoms. The van der Waals surface area contributed by atoms with Crippen molar-refractivity contribution in [2.45, 2.75) is 32.2 Å². The van der Waals surface area contributed by atoms with Gasteiger partial charge in [0.25, 0.3) is 0 Å². The summed E-state index contributed by atoms with van der Waals surface area (Å²) in [5, 5.41) is 3.32. The van der Waals surface area contributed by atoms with E-state index in [0.717, 1.165) is 30.0 Å². The highest BCUT2D eigenvalue weighted by atomic mass is 32.1. The van der Waals surface area contributed by atoms with Crippen molar-refractivity contribution in [3.63, 3.8) is 0 Å². The van der Waals surface area contributed by atoms with E-state index in [1.165, 1.54) is 24.4 Å². The van der Waals surface area contributed by atoms with E-state index in [1.807, 2.05) is 12.3 Å². The Balaban J connectivity index is 1.78. The number of hydrogen-bond acceptors (Lipinski definition) is 4. The van der Waals surface area contributed by atoms with Crippen molar-refractivity contribution in [3.05, 3.63) is 41.7 Å². The van der Waals surface area contributed by atoms with E-state index in [1.54, 1.807) is 11.3 Å². The lowest BCUT2D eigenvalue weighted by Crippen LogP contribution is -2.31. The van der Waals surface area contributed by atoms with Crippen molar-refractivity contribution in [1.29, 1.82) is 0 Å². The number of hydrogen-bond donors (Lipinski definition) is 0. The molecule has 4 heterocycles. The van der Waals surface area contributed by atoms with Gasteiger partial charge in [-0.3, -0.25) is 4.57 Å². The molecule has 114 valence electrons. The second-order valence-corrected chi connectivity index (χ2v) is 6.72. The molecule has 0 bridgehead atoms. The molecule has 1 unspecified atom stereocenters. The third-order valence-corrected chi connectivity index (χ3v) is 5.39. The van der Waals surface area contributed by atoms with Crippen LogP contribution in [0.1, 0.15) is 25.6 Å². The molecule has 22 heavy (non-hydrogen) atoms. The maximum absolute atomic E-state index is 4.88. The maximum Gasteiger partial charge on any atom is 0.165 e. The van der Waals surface area contributed by atoms with E-state index < -0.39 is 0 Å². The van der Waals surface area contributed by atoms with Gasteiger partial charge in [-0.05, 0) is 55.6 Å². The van der Waals surface area contributed by atoms with E-state index in [9.17, 15) is 0 Å². The first-order valence-electron chi connectivity index (χ1n) is 7.97. The largest absolute Gasteiger partial charge is 0.300 e. The van der Waals surface area contributed by atoms with Crippen LogP contribution in [0.5, 0.6) is 0 Å². The zero-order valence-corrected chi connectivity index (χ0v) is 13.6. The Labute approximate surface area is 134 Å². The highest BCUT2D eigenvalue weighted by Gasteiger charge is 2.26. The average molecular weight is 312 g/mol. The predicted molar refractivity (Wildman–Crippen MR) is 90.7 cm³/mol. The maximum atomic E-state index is 4.88. The number of fused-ring (bicyclic) bond motifs is 1. The Hall–Kier alpha value is -1.72. The average Bonchev–Trinajstić information content (AvgIpc) is 3.25. The van der Waals surface area contributed by atoms with Crippen molar-refractivity contribution >= 4 is 22.5 Å². The molecule has 1 aliphatic heterocycles. The molecule has 3 aromatic heterocycles. The van der Waals surface area contributed by atoms with E-state index in [0.29, 0.717) is 6.04 Å². The summed E-state index contributed by atoms with van der Waals surface area (Å²) in [5.41, 5.74) is 1.97. The molecule has 1 aliphatic rings. The number of likely N-dealkylation sites (N-methyl/N-ethyl adjacent to an activating group) is 1. The third kappa shape index (κ3) is 2.34. The molecule has 0 amide bonds. The SMILES string of the molecule is CCN1CCCC1Cc1nc2cccnc2n1-c1cccs1. The standard InChI is InChI=1S/C17H20N4S/c1-2-20-10-4-6-13(20)12-15-19-14-7-3-9-18-17(14)21(15)16-8-5-11-22-16/h3,5,7-9,11,13H,2,4,6,10,12H2,1H3. The molecule has 0 aromatic carbocycles. The van der Waals surface area contributed by atoms with Crippen LogP contribution in [0.15, 0.2) is 35.8 Å². The summed E-state index contributed by atoms with van der Waals surface area (Å²) >= 11 is 1.74. The van der Waals surface area contributed by atoms with E-state index in [-0.39, 0.29) is 0 Å². The Morgan fingerprint density at radius 2 is 2.27 bits per heavy atom. The van der Waals surface area contributed by atoms with Gasteiger partial charge in [0, 0.05) is 18.7 Å². The third-order valence-electron chi connectivity index (χ3n) is 4.54. The zero-order valence-electron chi connectivity index (χ0n) is 12.8. The fourth-order valence-electron chi connectivity index (χ4n) is 3.48. The van der Waals surface area contributed by atoms with Gasteiger partial charge in [0.1, 0.15) is 16.3 Å². The Kier molecular flexibility index (Phi) is 3.68. The normalized spacial score (nSPS) is 19.2. The monoisotopic (exact) mass is 312 g/mol. The van der Waals surface area contributed by atoms with Crippen molar-refractivity contribution in [3.8, 4) is 5.00 Å². The molecular formula is C17H20N4S. The van der Waals surface area contributed by atoms with Gasteiger partial charge in [0.15, 0.2) is 5.65 Å². The van der Waals surface area contributed by atoms with Crippen LogP contribution in [-0.2, 0) is 6.42 Å². The number of imidazole rings is 1. The van der Waals surface area contributed by atoms with Gasteiger partial charge in [-0.1, -0.05) is 6.92 Å². The number of aromatic nitrogens is 3. The lowest BCUT2D eigenvalue weighted by atomic mass is 10.1. The fraction of sp³-hybridized carbons (Fsp3) is 0.412. The Morgan fingerprint density at radius 1 is 1.32 bits per heavy atom. The first-order chi connectivity index (χ1) is 10.9. The summed E-state index contributed by atoms with van der Waals surface area (Å²) in [6.07, 6.45) is 5.43. The van der Waals surface area contributed by atoms with E-state index in [4.69, 9.17) is 4.98 Å². The first-order valence-corrected chi connectivity index (χ1v) is 8.85. The zero-order chi connectivity index (χ0) is 14.9. The summed E-state index contributed by atoms with van der Waals surface area (Å²) < 4.78 is 2.24. The summed E-state index contributed by atoms with van der Waals surface area (Å²) in [6.45, 7) is 4.60. The van der Waals surface area contributed by atoms with Crippen LogP contribution in [-0.4, -0.2) is 38.6 Å². The van der Waals surface area contributed by atoms with Crippen LogP contribution in [0.3, 0.4) is 0 Å². The van der Waals surface area contributed by atoms with Crippen molar-refractivity contribution in [2.24, 2.45) is 0 Å². The minimum Gasteiger partial charge on any atom is -0.300 e. The molecule has 5 heteroatoms. The molecular weight excluding hydrogens is 292 g/mol. The molecule has 0 aliphatic carbocycles. The summed E-state index contributed by atoms with van der Waals surface area (Å²) in [6, 6.07) is 8.87. The van der Waals surface area contributed by atoms with Crippen molar-refractivity contribution in [1.82, 2.24) is 19.4 Å². The van der Waals surface area contributed by atoms with Gasteiger partial charge in [-0.25, -0.2) is 9.97 Å². The van der Waals surface area contributed by atoms with E-state index >= 15 is 0 Å². The van der Waals surface area contributed by atoms with Gasteiger partial charge < -0.3 is 4.90 Å². The predicted octanol–water partition coefficient (Wildman–Crippen LogP) is 3.51. The molecule has 0 N–H and O–H groups in total. The van der Waals surface area contributed by atoms with Gasteiger partial charge in [0.05, 0.1) is 0 Å². The minimum absolute atomic E-state index is 0.612. The van der Waals surface area contributed by atoms with Crippen LogP contribution in [0.4, 0.5) is 0 Å². The molecule has 0 radical (unpaired) electrons. The summed E-state index contributed by atoms with van der Waals surface area (Å²) in [5.74, 6) is 1.14. The van der Waals surface area contributed by atoms with Gasteiger partial charge in [-0.2, -0.15) is 0 Å².